The van der Waals surface area contributed by atoms with Gasteiger partial charge in [0.2, 0.25) is 11.2 Å². The zero-order chi connectivity index (χ0) is 34.7. The number of anilines is 1. The van der Waals surface area contributed by atoms with E-state index in [-0.39, 0.29) is 35.4 Å². The molecular weight excluding hydrogens is 689 g/mol. The Kier molecular flexibility index (Phi) is 12.8. The Morgan fingerprint density at radius 2 is 1.10 bits per heavy atom. The quantitative estimate of drug-likeness (QED) is 0.142. The molecule has 12 heteroatoms. The molecule has 51 heavy (non-hydrogen) atoms. The van der Waals surface area contributed by atoms with Gasteiger partial charge in [-0.15, -0.1) is 12.4 Å². The SMILES string of the molecule is Cl.Fc1ccc(-c2cnc(Cl)nc2-c2ccncc2)cc1.NC(CCNc1ncc(-c2ccc(F)cc2)c(-c2ccncc2)n1)c1ccccc1. The molecule has 8 nitrogen and oxygen atoms in total. The third kappa shape index (κ3) is 9.73. The molecule has 7 aromatic rings. The van der Waals surface area contributed by atoms with Crippen LogP contribution in [0.5, 0.6) is 0 Å². The summed E-state index contributed by atoms with van der Waals surface area (Å²) in [5, 5.41) is 3.43. The van der Waals surface area contributed by atoms with E-state index in [1.807, 2.05) is 54.6 Å². The number of hydrogen-bond donors (Lipinski definition) is 2. The minimum Gasteiger partial charge on any atom is -0.354 e. The molecule has 0 spiro atoms. The van der Waals surface area contributed by atoms with Crippen LogP contribution in [0.25, 0.3) is 44.8 Å². The van der Waals surface area contributed by atoms with E-state index in [0.717, 1.165) is 51.1 Å². The second kappa shape index (κ2) is 17.8. The molecule has 7 rings (SSSR count). The number of rotatable bonds is 9. The molecule has 0 fully saturated rings. The molecule has 0 aliphatic carbocycles. The largest absolute Gasteiger partial charge is 0.354 e. The van der Waals surface area contributed by atoms with Crippen molar-refractivity contribution in [3.63, 3.8) is 0 Å². The van der Waals surface area contributed by atoms with Gasteiger partial charge in [-0.05, 0) is 83.2 Å². The van der Waals surface area contributed by atoms with Crippen LogP contribution in [0.1, 0.15) is 18.0 Å². The van der Waals surface area contributed by atoms with Crippen LogP contribution >= 0.6 is 24.0 Å². The van der Waals surface area contributed by atoms with Gasteiger partial charge in [-0.1, -0.05) is 54.6 Å². The van der Waals surface area contributed by atoms with E-state index >= 15 is 0 Å². The number of aromatic nitrogens is 6. The van der Waals surface area contributed by atoms with E-state index < -0.39 is 0 Å². The third-order valence-electron chi connectivity index (χ3n) is 7.73. The predicted octanol–water partition coefficient (Wildman–Crippen LogP) is 9.27. The van der Waals surface area contributed by atoms with Crippen LogP contribution in [0.4, 0.5) is 14.7 Å². The van der Waals surface area contributed by atoms with Crippen molar-refractivity contribution in [1.29, 1.82) is 0 Å². The summed E-state index contributed by atoms with van der Waals surface area (Å²) in [6.07, 6.45) is 10.9. The van der Waals surface area contributed by atoms with Crippen molar-refractivity contribution in [2.75, 3.05) is 11.9 Å². The van der Waals surface area contributed by atoms with Crippen molar-refractivity contribution in [2.24, 2.45) is 5.73 Å². The van der Waals surface area contributed by atoms with Gasteiger partial charge in [-0.2, -0.15) is 0 Å². The fourth-order valence-electron chi connectivity index (χ4n) is 5.17. The Balaban J connectivity index is 0.000000209. The zero-order valence-electron chi connectivity index (χ0n) is 27.1. The lowest BCUT2D eigenvalue weighted by atomic mass is 10.0. The number of nitrogens with two attached hydrogens (primary N) is 1. The lowest BCUT2D eigenvalue weighted by molar-refractivity contribution is 0.627. The van der Waals surface area contributed by atoms with Gasteiger partial charge in [-0.3, -0.25) is 9.97 Å². The maximum absolute atomic E-state index is 13.4. The fourth-order valence-corrected chi connectivity index (χ4v) is 5.31. The zero-order valence-corrected chi connectivity index (χ0v) is 28.6. The van der Waals surface area contributed by atoms with Crippen molar-refractivity contribution < 1.29 is 8.78 Å². The summed E-state index contributed by atoms with van der Waals surface area (Å²) in [5.74, 6) is -0.0415. The van der Waals surface area contributed by atoms with Gasteiger partial charge < -0.3 is 11.1 Å². The molecule has 0 saturated carbocycles. The van der Waals surface area contributed by atoms with Crippen molar-refractivity contribution in [2.45, 2.75) is 12.5 Å². The molecule has 0 amide bonds. The molecule has 4 heterocycles. The van der Waals surface area contributed by atoms with E-state index in [9.17, 15) is 8.78 Å². The summed E-state index contributed by atoms with van der Waals surface area (Å²) in [4.78, 5) is 25.5. The highest BCUT2D eigenvalue weighted by molar-refractivity contribution is 6.28. The maximum Gasteiger partial charge on any atom is 0.223 e. The van der Waals surface area contributed by atoms with Crippen LogP contribution in [-0.4, -0.2) is 36.4 Å². The Morgan fingerprint density at radius 3 is 1.63 bits per heavy atom. The highest BCUT2D eigenvalue weighted by Crippen LogP contribution is 2.32. The molecule has 256 valence electrons. The lowest BCUT2D eigenvalue weighted by Crippen LogP contribution is -2.16. The summed E-state index contributed by atoms with van der Waals surface area (Å²) in [5.41, 5.74) is 13.9. The first-order valence-corrected chi connectivity index (χ1v) is 16.1. The van der Waals surface area contributed by atoms with E-state index in [0.29, 0.717) is 18.2 Å². The van der Waals surface area contributed by atoms with E-state index in [1.54, 1.807) is 61.4 Å². The van der Waals surface area contributed by atoms with Gasteiger partial charge in [0, 0.05) is 72.0 Å². The summed E-state index contributed by atoms with van der Waals surface area (Å²) in [6.45, 7) is 0.641. The fraction of sp³-hybridized carbons (Fsp3) is 0.0769. The number of halogens is 4. The summed E-state index contributed by atoms with van der Waals surface area (Å²) < 4.78 is 26.4. The Hall–Kier alpha value is -5.68. The summed E-state index contributed by atoms with van der Waals surface area (Å²) >= 11 is 5.88. The molecule has 0 aliphatic heterocycles. The Labute approximate surface area is 305 Å². The molecule has 0 aliphatic rings. The number of hydrogen-bond acceptors (Lipinski definition) is 8. The van der Waals surface area contributed by atoms with Crippen LogP contribution in [0, 0.1) is 11.6 Å². The van der Waals surface area contributed by atoms with E-state index in [1.165, 1.54) is 24.3 Å². The van der Waals surface area contributed by atoms with Crippen LogP contribution < -0.4 is 11.1 Å². The van der Waals surface area contributed by atoms with Crippen LogP contribution in [0.2, 0.25) is 5.28 Å². The first kappa shape index (κ1) is 36.6. The van der Waals surface area contributed by atoms with Gasteiger partial charge >= 0.3 is 0 Å². The number of nitrogens with one attached hydrogen (secondary N) is 1. The van der Waals surface area contributed by atoms with Crippen molar-refractivity contribution in [1.82, 2.24) is 29.9 Å². The van der Waals surface area contributed by atoms with Gasteiger partial charge in [-0.25, -0.2) is 28.7 Å². The number of benzene rings is 3. The molecule has 3 N–H and O–H groups in total. The minimum absolute atomic E-state index is 0. The monoisotopic (exact) mass is 720 g/mol. The van der Waals surface area contributed by atoms with Crippen LogP contribution in [-0.2, 0) is 0 Å². The summed E-state index contributed by atoms with van der Waals surface area (Å²) in [7, 11) is 0. The smallest absolute Gasteiger partial charge is 0.223 e. The van der Waals surface area contributed by atoms with Crippen molar-refractivity contribution in [3.05, 3.63) is 163 Å². The van der Waals surface area contributed by atoms with Gasteiger partial charge in [0.15, 0.2) is 0 Å². The molecule has 1 unspecified atom stereocenters. The van der Waals surface area contributed by atoms with Crippen molar-refractivity contribution in [3.8, 4) is 44.8 Å². The van der Waals surface area contributed by atoms with Gasteiger partial charge in [0.1, 0.15) is 11.6 Å². The first-order chi connectivity index (χ1) is 24.4. The van der Waals surface area contributed by atoms with Gasteiger partial charge in [0.05, 0.1) is 11.4 Å². The predicted molar refractivity (Wildman–Crippen MR) is 200 cm³/mol. The molecule has 3 aromatic carbocycles. The number of nitrogens with zero attached hydrogens (tertiary/aromatic N) is 6. The average molecular weight is 722 g/mol. The van der Waals surface area contributed by atoms with E-state index in [4.69, 9.17) is 22.3 Å². The average Bonchev–Trinajstić information content (AvgIpc) is 3.17. The Morgan fingerprint density at radius 1 is 0.608 bits per heavy atom. The second-order valence-corrected chi connectivity index (χ2v) is 11.4. The molecule has 4 aromatic heterocycles. The molecule has 0 bridgehead atoms. The Bertz CT molecular complexity index is 2130. The van der Waals surface area contributed by atoms with Gasteiger partial charge in [0.25, 0.3) is 0 Å². The first-order valence-electron chi connectivity index (χ1n) is 15.7. The normalized spacial score (nSPS) is 11.1. The molecule has 1 atom stereocenters. The number of pyridine rings is 2. The standard InChI is InChI=1S/C24H22FN5.C15H9ClFN3.ClH/c25-20-8-6-17(7-9-20)21-16-29-24(30-23(21)19-10-13-27-14-11-19)28-15-12-22(26)18-4-2-1-3-5-18;16-15-19-9-13(10-1-3-12(17)4-2-10)14(20-15)11-5-7-18-8-6-11;/h1-11,13-14,16,22H,12,15,26H2,(H,28,29,30);1-9H;1H. The molecular formula is C39H32Cl2F2N8. The minimum atomic E-state index is -0.283. The highest BCUT2D eigenvalue weighted by Gasteiger charge is 2.13. The maximum atomic E-state index is 13.4. The van der Waals surface area contributed by atoms with Crippen LogP contribution in [0.15, 0.2) is 140 Å². The van der Waals surface area contributed by atoms with Crippen molar-refractivity contribution >= 4 is 30.0 Å². The second-order valence-electron chi connectivity index (χ2n) is 11.1. The van der Waals surface area contributed by atoms with E-state index in [2.05, 4.69) is 30.2 Å². The van der Waals surface area contributed by atoms with Crippen LogP contribution in [0.3, 0.4) is 0 Å². The molecule has 0 radical (unpaired) electrons. The summed E-state index contributed by atoms with van der Waals surface area (Å²) in [6, 6.07) is 29.9. The molecule has 0 saturated heterocycles. The third-order valence-corrected chi connectivity index (χ3v) is 7.91. The lowest BCUT2D eigenvalue weighted by Gasteiger charge is -2.14. The topological polar surface area (TPSA) is 115 Å². The highest BCUT2D eigenvalue weighted by atomic mass is 35.5.